The van der Waals surface area contributed by atoms with Crippen molar-refractivity contribution in [2.75, 3.05) is 36.5 Å². The Morgan fingerprint density at radius 3 is 2.30 bits per heavy atom. The first kappa shape index (κ1) is 17.3. The molecule has 1 saturated heterocycles. The lowest BCUT2D eigenvalue weighted by atomic mass is 10.2. The number of rotatable bonds is 5. The van der Waals surface area contributed by atoms with E-state index in [2.05, 4.69) is 10.2 Å². The van der Waals surface area contributed by atoms with Gasteiger partial charge in [0.25, 0.3) is 5.91 Å². The highest BCUT2D eigenvalue weighted by molar-refractivity contribution is 5.95. The van der Waals surface area contributed by atoms with Gasteiger partial charge in [0.15, 0.2) is 6.10 Å². The minimum atomic E-state index is -0.816. The third kappa shape index (κ3) is 4.96. The molecule has 6 heteroatoms. The van der Waals surface area contributed by atoms with Gasteiger partial charge in [0.2, 0.25) is 0 Å². The molecule has 0 aliphatic carbocycles. The van der Waals surface area contributed by atoms with Crippen LogP contribution < -0.4 is 10.2 Å². The van der Waals surface area contributed by atoms with Gasteiger partial charge >= 0.3 is 5.97 Å². The van der Waals surface area contributed by atoms with Gasteiger partial charge in [-0.1, -0.05) is 13.8 Å². The number of hydrogen-bond donors (Lipinski definition) is 1. The fraction of sp³-hybridized carbons (Fsp3) is 0.529. The van der Waals surface area contributed by atoms with Crippen molar-refractivity contribution in [2.24, 2.45) is 5.92 Å². The monoisotopic (exact) mass is 320 g/mol. The Labute approximate surface area is 136 Å². The number of ether oxygens (including phenoxy) is 2. The molecule has 0 spiro atoms. The smallest absolute Gasteiger partial charge is 0.309 e. The second-order valence-corrected chi connectivity index (χ2v) is 5.87. The molecule has 0 radical (unpaired) electrons. The highest BCUT2D eigenvalue weighted by Gasteiger charge is 2.19. The Morgan fingerprint density at radius 1 is 1.13 bits per heavy atom. The van der Waals surface area contributed by atoms with Gasteiger partial charge in [0.05, 0.1) is 19.1 Å². The van der Waals surface area contributed by atoms with E-state index in [9.17, 15) is 9.59 Å². The van der Waals surface area contributed by atoms with Gasteiger partial charge in [-0.3, -0.25) is 9.59 Å². The summed E-state index contributed by atoms with van der Waals surface area (Å²) in [5.41, 5.74) is 1.78. The van der Waals surface area contributed by atoms with E-state index in [1.807, 2.05) is 24.3 Å². The number of esters is 1. The number of anilines is 2. The summed E-state index contributed by atoms with van der Waals surface area (Å²) in [6.07, 6.45) is -0.816. The van der Waals surface area contributed by atoms with E-state index < -0.39 is 6.10 Å². The van der Waals surface area contributed by atoms with Crippen LogP contribution in [0.2, 0.25) is 0 Å². The van der Waals surface area contributed by atoms with Gasteiger partial charge in [0, 0.05) is 24.5 Å². The molecule has 1 N–H and O–H groups in total. The summed E-state index contributed by atoms with van der Waals surface area (Å²) >= 11 is 0. The number of nitrogens with zero attached hydrogens (tertiary/aromatic N) is 1. The van der Waals surface area contributed by atoms with Gasteiger partial charge in [-0.15, -0.1) is 0 Å². The number of hydrogen-bond acceptors (Lipinski definition) is 5. The van der Waals surface area contributed by atoms with Crippen molar-refractivity contribution >= 4 is 23.3 Å². The molecule has 0 saturated carbocycles. The third-order valence-corrected chi connectivity index (χ3v) is 3.64. The van der Waals surface area contributed by atoms with Crippen molar-refractivity contribution < 1.29 is 19.1 Å². The first-order valence-electron chi connectivity index (χ1n) is 7.91. The fourth-order valence-corrected chi connectivity index (χ4v) is 2.18. The maximum Gasteiger partial charge on any atom is 0.309 e. The average Bonchev–Trinajstić information content (AvgIpc) is 2.56. The zero-order chi connectivity index (χ0) is 16.8. The molecule has 1 fully saturated rings. The van der Waals surface area contributed by atoms with Crippen LogP contribution in [0.25, 0.3) is 0 Å². The standard InChI is InChI=1S/C17H24N2O4/c1-12(2)17(21)23-13(3)16(20)18-14-4-6-15(7-5-14)19-8-10-22-11-9-19/h4-7,12-13H,8-11H2,1-3H3,(H,18,20)/t13-/m0/s1. The summed E-state index contributed by atoms with van der Waals surface area (Å²) in [6, 6.07) is 7.62. The van der Waals surface area contributed by atoms with Crippen LogP contribution in [0.3, 0.4) is 0 Å². The maximum atomic E-state index is 12.0. The molecule has 126 valence electrons. The molecular weight excluding hydrogens is 296 g/mol. The van der Waals surface area contributed by atoms with Gasteiger partial charge in [-0.2, -0.15) is 0 Å². The summed E-state index contributed by atoms with van der Waals surface area (Å²) in [4.78, 5) is 25.8. The van der Waals surface area contributed by atoms with E-state index in [1.165, 1.54) is 0 Å². The van der Waals surface area contributed by atoms with Crippen molar-refractivity contribution in [1.29, 1.82) is 0 Å². The summed E-state index contributed by atoms with van der Waals surface area (Å²) in [5.74, 6) is -0.966. The van der Waals surface area contributed by atoms with Crippen LogP contribution in [-0.4, -0.2) is 44.3 Å². The molecule has 0 bridgehead atoms. The second kappa shape index (κ2) is 7.97. The first-order valence-corrected chi connectivity index (χ1v) is 7.91. The molecule has 1 amide bonds. The molecular formula is C17H24N2O4. The normalized spacial score (nSPS) is 16.1. The van der Waals surface area contributed by atoms with E-state index in [0.717, 1.165) is 32.0 Å². The Kier molecular flexibility index (Phi) is 5.98. The number of amides is 1. The molecule has 1 aromatic carbocycles. The number of nitrogens with one attached hydrogen (secondary N) is 1. The largest absolute Gasteiger partial charge is 0.452 e. The van der Waals surface area contributed by atoms with Crippen LogP contribution in [-0.2, 0) is 19.1 Å². The van der Waals surface area contributed by atoms with Crippen LogP contribution in [0.4, 0.5) is 11.4 Å². The summed E-state index contributed by atoms with van der Waals surface area (Å²) < 4.78 is 10.4. The lowest BCUT2D eigenvalue weighted by Gasteiger charge is -2.28. The van der Waals surface area contributed by atoms with Crippen LogP contribution in [0, 0.1) is 5.92 Å². The van der Waals surface area contributed by atoms with Crippen molar-refractivity contribution in [3.63, 3.8) is 0 Å². The average molecular weight is 320 g/mol. The van der Waals surface area contributed by atoms with Crippen molar-refractivity contribution in [2.45, 2.75) is 26.9 Å². The Hall–Kier alpha value is -2.08. The highest BCUT2D eigenvalue weighted by atomic mass is 16.5. The quantitative estimate of drug-likeness (QED) is 0.841. The van der Waals surface area contributed by atoms with Gasteiger partial charge < -0.3 is 19.7 Å². The van der Waals surface area contributed by atoms with Crippen LogP contribution in [0.15, 0.2) is 24.3 Å². The Balaban J connectivity index is 1.89. The summed E-state index contributed by atoms with van der Waals surface area (Å²) in [5, 5.41) is 2.76. The molecule has 1 aliphatic heterocycles. The first-order chi connectivity index (χ1) is 11.0. The predicted molar refractivity (Wildman–Crippen MR) is 88.5 cm³/mol. The molecule has 1 aliphatic rings. The SMILES string of the molecule is CC(C)C(=O)O[C@@H](C)C(=O)Nc1ccc(N2CCOCC2)cc1. The maximum absolute atomic E-state index is 12.0. The van der Waals surface area contributed by atoms with E-state index in [4.69, 9.17) is 9.47 Å². The van der Waals surface area contributed by atoms with E-state index in [0.29, 0.717) is 5.69 Å². The fourth-order valence-electron chi connectivity index (χ4n) is 2.18. The molecule has 1 heterocycles. The van der Waals surface area contributed by atoms with Crippen molar-refractivity contribution in [1.82, 2.24) is 0 Å². The molecule has 1 atom stereocenters. The molecule has 0 unspecified atom stereocenters. The minimum Gasteiger partial charge on any atom is -0.452 e. The van der Waals surface area contributed by atoms with Gasteiger partial charge in [0.1, 0.15) is 0 Å². The zero-order valence-corrected chi connectivity index (χ0v) is 13.9. The number of benzene rings is 1. The van der Waals surface area contributed by atoms with E-state index in [1.54, 1.807) is 20.8 Å². The summed E-state index contributed by atoms with van der Waals surface area (Å²) in [6.45, 7) is 8.24. The minimum absolute atomic E-state index is 0.252. The number of carbonyl (C=O) groups excluding carboxylic acids is 2. The van der Waals surface area contributed by atoms with E-state index in [-0.39, 0.29) is 17.8 Å². The predicted octanol–water partition coefficient (Wildman–Crippen LogP) is 2.05. The zero-order valence-electron chi connectivity index (χ0n) is 13.9. The van der Waals surface area contributed by atoms with Crippen LogP contribution in [0.1, 0.15) is 20.8 Å². The molecule has 0 aromatic heterocycles. The lowest BCUT2D eigenvalue weighted by Crippen LogP contribution is -2.36. The summed E-state index contributed by atoms with van der Waals surface area (Å²) in [7, 11) is 0. The van der Waals surface area contributed by atoms with Crippen molar-refractivity contribution in [3.8, 4) is 0 Å². The number of carbonyl (C=O) groups is 2. The van der Waals surface area contributed by atoms with Crippen LogP contribution >= 0.6 is 0 Å². The van der Waals surface area contributed by atoms with Gasteiger partial charge in [-0.05, 0) is 31.2 Å². The van der Waals surface area contributed by atoms with E-state index >= 15 is 0 Å². The topological polar surface area (TPSA) is 67.9 Å². The van der Waals surface area contributed by atoms with Crippen molar-refractivity contribution in [3.05, 3.63) is 24.3 Å². The molecule has 23 heavy (non-hydrogen) atoms. The lowest BCUT2D eigenvalue weighted by molar-refractivity contribution is -0.156. The van der Waals surface area contributed by atoms with Crippen LogP contribution in [0.5, 0.6) is 0 Å². The molecule has 2 rings (SSSR count). The molecule has 1 aromatic rings. The molecule has 6 nitrogen and oxygen atoms in total. The van der Waals surface area contributed by atoms with Gasteiger partial charge in [-0.25, -0.2) is 0 Å². The number of morpholine rings is 1. The Morgan fingerprint density at radius 2 is 1.74 bits per heavy atom. The second-order valence-electron chi connectivity index (χ2n) is 5.87. The Bertz CT molecular complexity index is 536. The third-order valence-electron chi connectivity index (χ3n) is 3.64. The highest BCUT2D eigenvalue weighted by Crippen LogP contribution is 2.19.